The van der Waals surface area contributed by atoms with Gasteiger partial charge in [0, 0.05) is 24.2 Å². The normalized spacial score (nSPS) is 12.1. The van der Waals surface area contributed by atoms with Crippen molar-refractivity contribution in [3.8, 4) is 16.9 Å². The zero-order valence-corrected chi connectivity index (χ0v) is 18.4. The third-order valence-corrected chi connectivity index (χ3v) is 5.35. The van der Waals surface area contributed by atoms with Crippen LogP contribution in [-0.2, 0) is 0 Å². The summed E-state index contributed by atoms with van der Waals surface area (Å²) in [6, 6.07) is 7.37. The Labute approximate surface area is 184 Å². The van der Waals surface area contributed by atoms with Crippen LogP contribution in [-0.4, -0.2) is 39.2 Å². The standard InChI is InChI=1S/C23H25N5O4/c1-5-24-22(29)19-15(7-6-10-25-19)12(2)11-31-21-16(18-13(3)28-32-14(18)4)8-9-17-20(21)27-23(30)26-17/h6-10,12H,5,11H2,1-4H3,(H,24,29)(H2,26,27,30). The second-order valence-corrected chi connectivity index (χ2v) is 7.66. The Kier molecular flexibility index (Phi) is 5.81. The minimum absolute atomic E-state index is 0.139. The molecule has 0 bridgehead atoms. The number of carbonyl (C=O) groups is 1. The van der Waals surface area contributed by atoms with Crippen molar-refractivity contribution in [1.29, 1.82) is 0 Å². The maximum absolute atomic E-state index is 12.4. The molecule has 9 heteroatoms. The van der Waals surface area contributed by atoms with Gasteiger partial charge in [-0.25, -0.2) is 4.79 Å². The molecule has 0 aliphatic heterocycles. The number of aromatic nitrogens is 4. The van der Waals surface area contributed by atoms with E-state index in [0.29, 0.717) is 34.8 Å². The lowest BCUT2D eigenvalue weighted by atomic mass is 9.99. The summed E-state index contributed by atoms with van der Waals surface area (Å²) in [6.07, 6.45) is 1.60. The van der Waals surface area contributed by atoms with E-state index in [2.05, 4.69) is 25.4 Å². The first-order chi connectivity index (χ1) is 15.4. The van der Waals surface area contributed by atoms with Crippen molar-refractivity contribution in [2.24, 2.45) is 0 Å². The number of fused-ring (bicyclic) bond motifs is 1. The predicted octanol–water partition coefficient (Wildman–Crippen LogP) is 3.46. The number of aromatic amines is 2. The first kappa shape index (κ1) is 21.4. The Hall–Kier alpha value is -3.88. The van der Waals surface area contributed by atoms with Crippen LogP contribution >= 0.6 is 0 Å². The molecule has 3 N–H and O–H groups in total. The van der Waals surface area contributed by atoms with Gasteiger partial charge in [-0.2, -0.15) is 0 Å². The molecule has 0 radical (unpaired) electrons. The lowest BCUT2D eigenvalue weighted by molar-refractivity contribution is 0.0949. The highest BCUT2D eigenvalue weighted by Gasteiger charge is 2.22. The number of hydrogen-bond acceptors (Lipinski definition) is 6. The highest BCUT2D eigenvalue weighted by Crippen LogP contribution is 2.39. The third-order valence-electron chi connectivity index (χ3n) is 5.35. The van der Waals surface area contributed by atoms with E-state index in [9.17, 15) is 9.59 Å². The van der Waals surface area contributed by atoms with Gasteiger partial charge in [0.15, 0.2) is 5.75 Å². The van der Waals surface area contributed by atoms with Gasteiger partial charge in [-0.1, -0.05) is 18.1 Å². The Morgan fingerprint density at radius 2 is 2.06 bits per heavy atom. The number of H-pyrrole nitrogens is 2. The summed E-state index contributed by atoms with van der Waals surface area (Å²) in [7, 11) is 0. The van der Waals surface area contributed by atoms with Gasteiger partial charge >= 0.3 is 5.69 Å². The summed E-state index contributed by atoms with van der Waals surface area (Å²) in [5.74, 6) is 0.817. The molecule has 1 atom stereocenters. The number of amides is 1. The monoisotopic (exact) mass is 435 g/mol. The highest BCUT2D eigenvalue weighted by molar-refractivity contribution is 5.94. The zero-order valence-electron chi connectivity index (χ0n) is 18.4. The molecule has 3 heterocycles. The number of pyridine rings is 1. The topological polar surface area (TPSA) is 126 Å². The van der Waals surface area contributed by atoms with Gasteiger partial charge in [0.25, 0.3) is 5.91 Å². The van der Waals surface area contributed by atoms with Crippen molar-refractivity contribution < 1.29 is 14.1 Å². The molecule has 0 fully saturated rings. The van der Waals surface area contributed by atoms with Gasteiger partial charge in [0.1, 0.15) is 17.0 Å². The van der Waals surface area contributed by atoms with Crippen molar-refractivity contribution in [1.82, 2.24) is 25.4 Å². The molecule has 0 spiro atoms. The number of aryl methyl sites for hydroxylation is 2. The van der Waals surface area contributed by atoms with E-state index in [1.165, 1.54) is 0 Å². The molecular formula is C23H25N5O4. The number of carbonyl (C=O) groups excluding carboxylic acids is 1. The van der Waals surface area contributed by atoms with Crippen LogP contribution in [0, 0.1) is 13.8 Å². The molecule has 4 rings (SSSR count). The van der Waals surface area contributed by atoms with Crippen LogP contribution in [0.4, 0.5) is 0 Å². The molecule has 0 saturated carbocycles. The first-order valence-electron chi connectivity index (χ1n) is 10.4. The van der Waals surface area contributed by atoms with E-state index < -0.39 is 0 Å². The maximum Gasteiger partial charge on any atom is 0.323 e. The molecule has 166 valence electrons. The fourth-order valence-corrected chi connectivity index (χ4v) is 3.84. The molecule has 1 aromatic carbocycles. The van der Waals surface area contributed by atoms with Crippen LogP contribution < -0.4 is 15.7 Å². The van der Waals surface area contributed by atoms with Crippen molar-refractivity contribution in [2.45, 2.75) is 33.6 Å². The van der Waals surface area contributed by atoms with Gasteiger partial charge in [-0.3, -0.25) is 9.78 Å². The minimum Gasteiger partial charge on any atom is -0.490 e. The van der Waals surface area contributed by atoms with E-state index in [4.69, 9.17) is 9.26 Å². The Bertz CT molecular complexity index is 1310. The number of benzene rings is 1. The van der Waals surface area contributed by atoms with E-state index in [-0.39, 0.29) is 24.1 Å². The van der Waals surface area contributed by atoms with Crippen molar-refractivity contribution in [2.75, 3.05) is 13.2 Å². The molecule has 3 aromatic heterocycles. The zero-order chi connectivity index (χ0) is 22.8. The Morgan fingerprint density at radius 3 is 2.78 bits per heavy atom. The average molecular weight is 435 g/mol. The van der Waals surface area contributed by atoms with Gasteiger partial charge in [0.05, 0.1) is 23.4 Å². The Balaban J connectivity index is 1.72. The van der Waals surface area contributed by atoms with Crippen LogP contribution in [0.25, 0.3) is 22.2 Å². The summed E-state index contributed by atoms with van der Waals surface area (Å²) in [4.78, 5) is 34.2. The van der Waals surface area contributed by atoms with Crippen molar-refractivity contribution in [3.63, 3.8) is 0 Å². The lowest BCUT2D eigenvalue weighted by Crippen LogP contribution is -2.26. The van der Waals surface area contributed by atoms with Crippen LogP contribution in [0.15, 0.2) is 39.8 Å². The van der Waals surface area contributed by atoms with Crippen LogP contribution in [0.2, 0.25) is 0 Å². The van der Waals surface area contributed by atoms with Crippen LogP contribution in [0.3, 0.4) is 0 Å². The molecule has 9 nitrogen and oxygen atoms in total. The Morgan fingerprint density at radius 1 is 1.25 bits per heavy atom. The van der Waals surface area contributed by atoms with E-state index >= 15 is 0 Å². The number of ether oxygens (including phenoxy) is 1. The van der Waals surface area contributed by atoms with E-state index in [0.717, 1.165) is 22.4 Å². The maximum atomic E-state index is 12.4. The highest BCUT2D eigenvalue weighted by atomic mass is 16.5. The fraction of sp³-hybridized carbons (Fsp3) is 0.304. The third kappa shape index (κ3) is 3.89. The number of rotatable bonds is 7. The summed E-state index contributed by atoms with van der Waals surface area (Å²) < 4.78 is 11.6. The first-order valence-corrected chi connectivity index (χ1v) is 10.4. The molecule has 32 heavy (non-hydrogen) atoms. The average Bonchev–Trinajstić information content (AvgIpc) is 3.32. The smallest absolute Gasteiger partial charge is 0.323 e. The molecule has 1 amide bonds. The molecule has 0 aliphatic rings. The summed E-state index contributed by atoms with van der Waals surface area (Å²) in [5.41, 5.74) is 4.36. The summed E-state index contributed by atoms with van der Waals surface area (Å²) in [6.45, 7) is 8.30. The second kappa shape index (κ2) is 8.70. The molecule has 4 aromatic rings. The number of hydrogen-bond donors (Lipinski definition) is 3. The number of imidazole rings is 1. The van der Waals surface area contributed by atoms with E-state index in [1.807, 2.05) is 45.9 Å². The van der Waals surface area contributed by atoms with Crippen molar-refractivity contribution >= 4 is 16.9 Å². The summed E-state index contributed by atoms with van der Waals surface area (Å²) in [5, 5.41) is 6.84. The summed E-state index contributed by atoms with van der Waals surface area (Å²) >= 11 is 0. The van der Waals surface area contributed by atoms with Crippen molar-refractivity contribution in [3.05, 3.63) is 63.7 Å². The van der Waals surface area contributed by atoms with Gasteiger partial charge in [-0.05, 0) is 44.5 Å². The molecule has 1 unspecified atom stereocenters. The van der Waals surface area contributed by atoms with Crippen LogP contribution in [0.1, 0.15) is 47.3 Å². The van der Waals surface area contributed by atoms with Gasteiger partial charge < -0.3 is 24.5 Å². The molecular weight excluding hydrogens is 410 g/mol. The minimum atomic E-state index is -0.320. The van der Waals surface area contributed by atoms with Gasteiger partial charge in [-0.15, -0.1) is 0 Å². The fourth-order valence-electron chi connectivity index (χ4n) is 3.84. The number of nitrogens with zero attached hydrogens (tertiary/aromatic N) is 2. The van der Waals surface area contributed by atoms with Crippen LogP contribution in [0.5, 0.6) is 5.75 Å². The SMILES string of the molecule is CCNC(=O)c1ncccc1C(C)COc1c(-c2c(C)noc2C)ccc2[nH]c(=O)[nH]c12. The second-order valence-electron chi connectivity index (χ2n) is 7.66. The van der Waals surface area contributed by atoms with Gasteiger partial charge in [0.2, 0.25) is 0 Å². The largest absolute Gasteiger partial charge is 0.490 e. The quantitative estimate of drug-likeness (QED) is 0.408. The molecule has 0 saturated heterocycles. The number of nitrogens with one attached hydrogen (secondary N) is 3. The lowest BCUT2D eigenvalue weighted by Gasteiger charge is -2.18. The van der Waals surface area contributed by atoms with E-state index in [1.54, 1.807) is 12.3 Å². The molecule has 0 aliphatic carbocycles. The predicted molar refractivity (Wildman–Crippen MR) is 120 cm³/mol.